The molecule has 132 valence electrons. The van der Waals surface area contributed by atoms with Crippen molar-refractivity contribution in [2.75, 3.05) is 26.7 Å². The van der Waals surface area contributed by atoms with Crippen LogP contribution in [-0.4, -0.2) is 47.5 Å². The Bertz CT molecular complexity index is 659. The molecule has 2 aromatic rings. The highest BCUT2D eigenvalue weighted by molar-refractivity contribution is 5.20. The Morgan fingerprint density at radius 3 is 2.79 bits per heavy atom. The molecule has 1 saturated heterocycles. The summed E-state index contributed by atoms with van der Waals surface area (Å²) in [6.45, 7) is 8.66. The highest BCUT2D eigenvalue weighted by atomic mass is 16.5. The molecule has 1 fully saturated rings. The van der Waals surface area contributed by atoms with Crippen LogP contribution in [0, 0.1) is 13.8 Å². The van der Waals surface area contributed by atoms with E-state index in [1.807, 2.05) is 24.9 Å². The zero-order valence-corrected chi connectivity index (χ0v) is 15.2. The summed E-state index contributed by atoms with van der Waals surface area (Å²) in [6.07, 6.45) is 1.93. The molecule has 3 rings (SSSR count). The summed E-state index contributed by atoms with van der Waals surface area (Å²) >= 11 is 0. The summed E-state index contributed by atoms with van der Waals surface area (Å²) < 4.78 is 13.8. The maximum Gasteiger partial charge on any atom is 0.121 e. The van der Waals surface area contributed by atoms with E-state index in [0.29, 0.717) is 0 Å². The van der Waals surface area contributed by atoms with E-state index in [0.717, 1.165) is 31.2 Å². The van der Waals surface area contributed by atoms with Crippen molar-refractivity contribution in [2.24, 2.45) is 7.05 Å². The van der Waals surface area contributed by atoms with Crippen LogP contribution in [0.25, 0.3) is 0 Å². The van der Waals surface area contributed by atoms with E-state index in [1.54, 1.807) is 0 Å². The number of likely N-dealkylation sites (N-methyl/N-ethyl adjacent to an activating group) is 1. The zero-order chi connectivity index (χ0) is 17.3. The van der Waals surface area contributed by atoms with Crippen LogP contribution in [0.3, 0.4) is 0 Å². The SMILES string of the molecule is Cc1cc(C(C)NC[C@@H]2OCCN(C)[C@H]2c2ccnn2C)oc1C. The molecule has 3 atom stereocenters. The van der Waals surface area contributed by atoms with Gasteiger partial charge in [0.25, 0.3) is 0 Å². The molecule has 0 spiro atoms. The van der Waals surface area contributed by atoms with E-state index < -0.39 is 0 Å². The number of morpholine rings is 1. The molecule has 1 aliphatic heterocycles. The third-order valence-electron chi connectivity index (χ3n) is 5.00. The van der Waals surface area contributed by atoms with Crippen molar-refractivity contribution >= 4 is 0 Å². The number of furan rings is 1. The highest BCUT2D eigenvalue weighted by Crippen LogP contribution is 2.28. The first-order chi connectivity index (χ1) is 11.5. The van der Waals surface area contributed by atoms with Gasteiger partial charge in [0.1, 0.15) is 11.5 Å². The smallest absolute Gasteiger partial charge is 0.121 e. The van der Waals surface area contributed by atoms with Gasteiger partial charge in [-0.15, -0.1) is 0 Å². The molecule has 0 bridgehead atoms. The maximum atomic E-state index is 6.08. The minimum absolute atomic E-state index is 0.0822. The Hall–Kier alpha value is -1.63. The third kappa shape index (κ3) is 3.41. The molecule has 24 heavy (non-hydrogen) atoms. The van der Waals surface area contributed by atoms with Crippen LogP contribution in [0.15, 0.2) is 22.7 Å². The van der Waals surface area contributed by atoms with Gasteiger partial charge in [-0.1, -0.05) is 0 Å². The Balaban J connectivity index is 1.69. The summed E-state index contributed by atoms with van der Waals surface area (Å²) in [6, 6.07) is 4.54. The third-order valence-corrected chi connectivity index (χ3v) is 5.00. The lowest BCUT2D eigenvalue weighted by atomic mass is 10.0. The van der Waals surface area contributed by atoms with Crippen molar-refractivity contribution in [3.8, 4) is 0 Å². The van der Waals surface area contributed by atoms with Crippen LogP contribution in [0.5, 0.6) is 0 Å². The normalized spacial score (nSPS) is 23.5. The van der Waals surface area contributed by atoms with Gasteiger partial charge in [-0.05, 0) is 45.5 Å². The van der Waals surface area contributed by atoms with Crippen molar-refractivity contribution in [2.45, 2.75) is 39.0 Å². The predicted octanol–water partition coefficient (Wildman–Crippen LogP) is 2.35. The fraction of sp³-hybridized carbons (Fsp3) is 0.611. The maximum absolute atomic E-state index is 6.08. The summed E-state index contributed by atoms with van der Waals surface area (Å²) in [7, 11) is 4.13. The Morgan fingerprint density at radius 1 is 1.38 bits per heavy atom. The van der Waals surface area contributed by atoms with Crippen molar-refractivity contribution in [1.29, 1.82) is 0 Å². The molecule has 6 nitrogen and oxygen atoms in total. The van der Waals surface area contributed by atoms with Crippen LogP contribution >= 0.6 is 0 Å². The van der Waals surface area contributed by atoms with Gasteiger partial charge in [0.05, 0.1) is 30.5 Å². The number of nitrogens with zero attached hydrogens (tertiary/aromatic N) is 3. The first-order valence-corrected chi connectivity index (χ1v) is 8.57. The van der Waals surface area contributed by atoms with Crippen LogP contribution in [-0.2, 0) is 11.8 Å². The molecular formula is C18H28N4O2. The first kappa shape index (κ1) is 17.2. The van der Waals surface area contributed by atoms with Gasteiger partial charge < -0.3 is 14.5 Å². The minimum atomic E-state index is 0.0822. The lowest BCUT2D eigenvalue weighted by molar-refractivity contribution is -0.0647. The molecule has 0 saturated carbocycles. The van der Waals surface area contributed by atoms with Gasteiger partial charge >= 0.3 is 0 Å². The van der Waals surface area contributed by atoms with Crippen LogP contribution in [0.2, 0.25) is 0 Å². The number of aryl methyl sites for hydroxylation is 3. The van der Waals surface area contributed by atoms with Gasteiger partial charge in [-0.25, -0.2) is 0 Å². The van der Waals surface area contributed by atoms with Crippen LogP contribution in [0.1, 0.15) is 41.8 Å². The number of ether oxygens (including phenoxy) is 1. The van der Waals surface area contributed by atoms with Crippen molar-refractivity contribution in [3.63, 3.8) is 0 Å². The predicted molar refractivity (Wildman–Crippen MR) is 92.9 cm³/mol. The second-order valence-electron chi connectivity index (χ2n) is 6.73. The molecule has 0 amide bonds. The van der Waals surface area contributed by atoms with Gasteiger partial charge in [0.2, 0.25) is 0 Å². The number of aromatic nitrogens is 2. The fourth-order valence-corrected chi connectivity index (χ4v) is 3.33. The molecule has 0 aliphatic carbocycles. The summed E-state index contributed by atoms with van der Waals surface area (Å²) in [4.78, 5) is 2.35. The summed E-state index contributed by atoms with van der Waals surface area (Å²) in [5.41, 5.74) is 2.38. The minimum Gasteiger partial charge on any atom is -0.464 e. The van der Waals surface area contributed by atoms with E-state index in [9.17, 15) is 0 Å². The average molecular weight is 332 g/mol. The quantitative estimate of drug-likeness (QED) is 0.911. The second kappa shape index (κ2) is 7.09. The Morgan fingerprint density at radius 2 is 2.17 bits per heavy atom. The monoisotopic (exact) mass is 332 g/mol. The van der Waals surface area contributed by atoms with Crippen molar-refractivity contribution < 1.29 is 9.15 Å². The van der Waals surface area contributed by atoms with E-state index in [-0.39, 0.29) is 18.2 Å². The average Bonchev–Trinajstić information content (AvgIpc) is 3.11. The van der Waals surface area contributed by atoms with Crippen molar-refractivity contribution in [1.82, 2.24) is 20.0 Å². The second-order valence-corrected chi connectivity index (χ2v) is 6.73. The van der Waals surface area contributed by atoms with Gasteiger partial charge in [-0.3, -0.25) is 9.58 Å². The number of nitrogens with one attached hydrogen (secondary N) is 1. The molecule has 1 aliphatic rings. The summed E-state index contributed by atoms with van der Waals surface area (Å²) in [5.74, 6) is 1.96. The van der Waals surface area contributed by atoms with Gasteiger partial charge in [0.15, 0.2) is 0 Å². The van der Waals surface area contributed by atoms with E-state index in [4.69, 9.17) is 9.15 Å². The van der Waals surface area contributed by atoms with Gasteiger partial charge in [-0.2, -0.15) is 5.10 Å². The van der Waals surface area contributed by atoms with Crippen LogP contribution < -0.4 is 5.32 Å². The number of rotatable bonds is 5. The van der Waals surface area contributed by atoms with Gasteiger partial charge in [0, 0.05) is 26.3 Å². The lowest BCUT2D eigenvalue weighted by Gasteiger charge is -2.39. The largest absolute Gasteiger partial charge is 0.464 e. The molecular weight excluding hydrogens is 304 g/mol. The standard InChI is InChI=1S/C18H28N4O2/c1-12-10-16(24-14(12)3)13(2)19-11-17-18(21(4)8-9-23-17)15-6-7-20-22(15)5/h6-7,10,13,17-19H,8-9,11H2,1-5H3/t13?,17-,18-/m0/s1. The topological polar surface area (TPSA) is 55.5 Å². The number of hydrogen-bond acceptors (Lipinski definition) is 5. The van der Waals surface area contributed by atoms with E-state index >= 15 is 0 Å². The fourth-order valence-electron chi connectivity index (χ4n) is 3.33. The molecule has 6 heteroatoms. The Labute approximate surface area is 143 Å². The molecule has 3 heterocycles. The molecule has 1 unspecified atom stereocenters. The Kier molecular flexibility index (Phi) is 5.08. The van der Waals surface area contributed by atoms with Crippen LogP contribution in [0.4, 0.5) is 0 Å². The zero-order valence-electron chi connectivity index (χ0n) is 15.2. The van der Waals surface area contributed by atoms with Crippen molar-refractivity contribution in [3.05, 3.63) is 41.1 Å². The van der Waals surface area contributed by atoms with E-state index in [1.165, 1.54) is 11.3 Å². The summed E-state index contributed by atoms with van der Waals surface area (Å²) in [5, 5.41) is 7.88. The lowest BCUT2D eigenvalue weighted by Crippen LogP contribution is -2.48. The first-order valence-electron chi connectivity index (χ1n) is 8.57. The molecule has 1 N–H and O–H groups in total. The molecule has 2 aromatic heterocycles. The molecule has 0 aromatic carbocycles. The highest BCUT2D eigenvalue weighted by Gasteiger charge is 2.33. The number of hydrogen-bond donors (Lipinski definition) is 1. The van der Waals surface area contributed by atoms with E-state index in [2.05, 4.69) is 48.3 Å². The molecule has 0 radical (unpaired) electrons.